The molecule has 0 amide bonds. The molecule has 0 fully saturated rings. The lowest BCUT2D eigenvalue weighted by molar-refractivity contribution is 0.660. The lowest BCUT2D eigenvalue weighted by atomic mass is 9.81. The molecule has 0 N–H and O–H groups in total. The van der Waals surface area contributed by atoms with Gasteiger partial charge in [-0.05, 0) is 128 Å². The zero-order valence-electron chi connectivity index (χ0n) is 36.5. The van der Waals surface area contributed by atoms with E-state index in [-0.39, 0.29) is 5.41 Å². The first-order chi connectivity index (χ1) is 32.0. The minimum atomic E-state index is -0.0962. The predicted octanol–water partition coefficient (Wildman–Crippen LogP) is 17.2. The second kappa shape index (κ2) is 15.6. The van der Waals surface area contributed by atoms with Crippen molar-refractivity contribution >= 4 is 38.9 Å². The highest BCUT2D eigenvalue weighted by molar-refractivity contribution is 6.10. The molecule has 1 aliphatic carbocycles. The van der Waals surface area contributed by atoms with Crippen molar-refractivity contribution < 1.29 is 0 Å². The molecule has 2 nitrogen and oxygen atoms in total. The number of anilines is 3. The molecule has 1 aliphatic rings. The quantitative estimate of drug-likeness (QED) is 0.148. The van der Waals surface area contributed by atoms with Gasteiger partial charge in [0.15, 0.2) is 0 Å². The van der Waals surface area contributed by atoms with Crippen molar-refractivity contribution in [1.29, 1.82) is 0 Å². The highest BCUT2D eigenvalue weighted by Crippen LogP contribution is 2.51. The maximum atomic E-state index is 2.43. The van der Waals surface area contributed by atoms with Crippen LogP contribution in [0, 0.1) is 0 Å². The smallest absolute Gasteiger partial charge is 0.0541 e. The maximum absolute atomic E-state index is 2.43. The van der Waals surface area contributed by atoms with Crippen LogP contribution < -0.4 is 4.90 Å². The molecule has 11 aromatic rings. The Morgan fingerprint density at radius 2 is 0.800 bits per heavy atom. The lowest BCUT2D eigenvalue weighted by Gasteiger charge is -2.29. The van der Waals surface area contributed by atoms with Crippen LogP contribution in [0.5, 0.6) is 0 Å². The summed E-state index contributed by atoms with van der Waals surface area (Å²) in [6.45, 7) is 4.72. The summed E-state index contributed by atoms with van der Waals surface area (Å²) in [5.41, 5.74) is 21.8. The van der Waals surface area contributed by atoms with Crippen molar-refractivity contribution in [2.24, 2.45) is 0 Å². The molecule has 0 unspecified atom stereocenters. The van der Waals surface area contributed by atoms with Crippen LogP contribution >= 0.6 is 0 Å². The van der Waals surface area contributed by atoms with Crippen molar-refractivity contribution in [3.8, 4) is 61.3 Å². The van der Waals surface area contributed by atoms with Crippen molar-refractivity contribution in [3.05, 3.63) is 254 Å². The second-order valence-electron chi connectivity index (χ2n) is 17.7. The van der Waals surface area contributed by atoms with E-state index in [1.54, 1.807) is 0 Å². The minimum absolute atomic E-state index is 0.0962. The van der Waals surface area contributed by atoms with E-state index < -0.39 is 0 Å². The number of hydrogen-bond donors (Lipinski definition) is 0. The summed E-state index contributed by atoms with van der Waals surface area (Å²) < 4.78 is 2.37. The summed E-state index contributed by atoms with van der Waals surface area (Å²) in [6, 6.07) is 88.8. The summed E-state index contributed by atoms with van der Waals surface area (Å²) in [6.07, 6.45) is 0. The van der Waals surface area contributed by atoms with Gasteiger partial charge in [0.25, 0.3) is 0 Å². The lowest BCUT2D eigenvalue weighted by Crippen LogP contribution is -2.15. The molecule has 2 heteroatoms. The molecule has 10 aromatic carbocycles. The fraction of sp³-hybridized carbons (Fsp3) is 0.0476. The van der Waals surface area contributed by atoms with Gasteiger partial charge in [-0.25, -0.2) is 0 Å². The molecule has 0 radical (unpaired) electrons. The highest BCUT2D eigenvalue weighted by Gasteiger charge is 2.35. The summed E-state index contributed by atoms with van der Waals surface area (Å²) in [5, 5.41) is 2.50. The molecule has 1 aromatic heterocycles. The zero-order chi connectivity index (χ0) is 43.5. The van der Waals surface area contributed by atoms with Gasteiger partial charge in [0, 0.05) is 38.8 Å². The van der Waals surface area contributed by atoms with Gasteiger partial charge < -0.3 is 9.47 Å². The van der Waals surface area contributed by atoms with Gasteiger partial charge >= 0.3 is 0 Å². The average molecular weight is 831 g/mol. The Kier molecular flexibility index (Phi) is 9.21. The van der Waals surface area contributed by atoms with Crippen molar-refractivity contribution in [2.45, 2.75) is 19.3 Å². The van der Waals surface area contributed by atoms with Gasteiger partial charge in [0.1, 0.15) is 0 Å². The molecular weight excluding hydrogens is 785 g/mol. The number of benzene rings is 10. The van der Waals surface area contributed by atoms with E-state index in [1.807, 2.05) is 0 Å². The molecule has 0 saturated heterocycles. The second-order valence-corrected chi connectivity index (χ2v) is 17.7. The van der Waals surface area contributed by atoms with E-state index in [4.69, 9.17) is 0 Å². The number of fused-ring (bicyclic) bond motifs is 6. The Balaban J connectivity index is 0.951. The monoisotopic (exact) mass is 830 g/mol. The number of nitrogens with zero attached hydrogens (tertiary/aromatic N) is 2. The van der Waals surface area contributed by atoms with Crippen LogP contribution in [0.1, 0.15) is 25.0 Å². The van der Waals surface area contributed by atoms with Crippen molar-refractivity contribution in [1.82, 2.24) is 4.57 Å². The largest absolute Gasteiger partial charge is 0.310 e. The number of aromatic nitrogens is 1. The van der Waals surface area contributed by atoms with E-state index in [2.05, 4.69) is 266 Å². The van der Waals surface area contributed by atoms with Crippen LogP contribution in [0.15, 0.2) is 243 Å². The van der Waals surface area contributed by atoms with Gasteiger partial charge in [-0.15, -0.1) is 0 Å². The number of hydrogen-bond acceptors (Lipinski definition) is 1. The zero-order valence-corrected chi connectivity index (χ0v) is 36.5. The molecular formula is C63H46N2. The molecule has 0 saturated carbocycles. The average Bonchev–Trinajstić information content (AvgIpc) is 3.82. The fourth-order valence-corrected chi connectivity index (χ4v) is 10.3. The molecule has 308 valence electrons. The minimum Gasteiger partial charge on any atom is -0.310 e. The van der Waals surface area contributed by atoms with Crippen LogP contribution in [0.2, 0.25) is 0 Å². The van der Waals surface area contributed by atoms with Crippen LogP contribution in [0.4, 0.5) is 17.1 Å². The SMILES string of the molecule is CC1(C)c2ccccc2-c2ccc(-c3ccccc3N(c3ccc(-c4ccc(-c5ccccc5)cc4)cc3)c3ccc(-c4ccc5c(c4)c4ccccc4n5-c4ccccc4)cc3)cc21. The normalized spacial score (nSPS) is 12.6. The first kappa shape index (κ1) is 38.5. The van der Waals surface area contributed by atoms with Crippen LogP contribution in [0.3, 0.4) is 0 Å². The Labute approximate surface area is 381 Å². The molecule has 0 bridgehead atoms. The molecule has 1 heterocycles. The molecule has 65 heavy (non-hydrogen) atoms. The highest BCUT2D eigenvalue weighted by atomic mass is 15.1. The van der Waals surface area contributed by atoms with Crippen molar-refractivity contribution in [3.63, 3.8) is 0 Å². The summed E-state index contributed by atoms with van der Waals surface area (Å²) in [5.74, 6) is 0. The van der Waals surface area contributed by atoms with E-state index in [0.717, 1.165) is 17.1 Å². The molecule has 0 atom stereocenters. The van der Waals surface area contributed by atoms with E-state index in [1.165, 1.54) is 94.3 Å². The number of rotatable bonds is 8. The number of para-hydroxylation sites is 3. The van der Waals surface area contributed by atoms with Crippen LogP contribution in [-0.4, -0.2) is 4.57 Å². The molecule has 0 aliphatic heterocycles. The summed E-state index contributed by atoms with van der Waals surface area (Å²) in [7, 11) is 0. The first-order valence-corrected chi connectivity index (χ1v) is 22.6. The van der Waals surface area contributed by atoms with Gasteiger partial charge in [0.2, 0.25) is 0 Å². The first-order valence-electron chi connectivity index (χ1n) is 22.6. The summed E-state index contributed by atoms with van der Waals surface area (Å²) >= 11 is 0. The van der Waals surface area contributed by atoms with E-state index in [0.29, 0.717) is 0 Å². The molecule has 0 spiro atoms. The third-order valence-electron chi connectivity index (χ3n) is 13.6. The van der Waals surface area contributed by atoms with E-state index in [9.17, 15) is 0 Å². The standard InChI is InChI=1S/C63H46N2/c1-63(2)58-22-12-9-20-54(58)55-39-33-49(42-59(55)63)53-19-10-13-23-60(53)64(51-35-29-46(30-36-51)45-27-25-44(26-28-45)43-15-5-3-6-16-43)52-37-31-47(32-38-52)48-34-40-62-57(41-48)56-21-11-14-24-61(56)65(62)50-17-7-4-8-18-50/h3-42H,1-2H3. The Hall–Kier alpha value is -8.20. The third-order valence-corrected chi connectivity index (χ3v) is 13.6. The van der Waals surface area contributed by atoms with Crippen LogP contribution in [-0.2, 0) is 5.41 Å². The Bertz CT molecular complexity index is 3520. The Morgan fingerprint density at radius 1 is 0.323 bits per heavy atom. The van der Waals surface area contributed by atoms with Gasteiger partial charge in [0.05, 0.1) is 16.7 Å². The van der Waals surface area contributed by atoms with Crippen molar-refractivity contribution in [2.75, 3.05) is 4.90 Å². The van der Waals surface area contributed by atoms with Gasteiger partial charge in [-0.1, -0.05) is 190 Å². The molecule has 12 rings (SSSR count). The van der Waals surface area contributed by atoms with Crippen LogP contribution in [0.25, 0.3) is 83.1 Å². The Morgan fingerprint density at radius 3 is 1.49 bits per heavy atom. The predicted molar refractivity (Wildman–Crippen MR) is 275 cm³/mol. The maximum Gasteiger partial charge on any atom is 0.0541 e. The van der Waals surface area contributed by atoms with E-state index >= 15 is 0 Å². The van der Waals surface area contributed by atoms with Gasteiger partial charge in [-0.3, -0.25) is 0 Å². The fourth-order valence-electron chi connectivity index (χ4n) is 10.3. The summed E-state index contributed by atoms with van der Waals surface area (Å²) in [4.78, 5) is 2.42. The topological polar surface area (TPSA) is 8.17 Å². The third kappa shape index (κ3) is 6.57. The van der Waals surface area contributed by atoms with Gasteiger partial charge in [-0.2, -0.15) is 0 Å².